The highest BCUT2D eigenvalue weighted by Gasteiger charge is 2.41. The van der Waals surface area contributed by atoms with Gasteiger partial charge in [0.05, 0.1) is 24.0 Å². The highest BCUT2D eigenvalue weighted by Crippen LogP contribution is 2.48. The Morgan fingerprint density at radius 3 is 2.53 bits per heavy atom. The molecule has 5 nitrogen and oxygen atoms in total. The largest absolute Gasteiger partial charge is 0.358 e. The van der Waals surface area contributed by atoms with Gasteiger partial charge in [0, 0.05) is 24.7 Å². The number of rotatable bonds is 3. The normalized spacial score (nSPS) is 20.1. The zero-order chi connectivity index (χ0) is 21.5. The summed E-state index contributed by atoms with van der Waals surface area (Å²) in [5, 5.41) is 6.30. The molecular weight excluding hydrogens is 374 g/mol. The molecule has 0 unspecified atom stereocenters. The summed E-state index contributed by atoms with van der Waals surface area (Å²) in [4.78, 5) is 28.0. The summed E-state index contributed by atoms with van der Waals surface area (Å²) in [6.07, 6.45) is 1.29. The van der Waals surface area contributed by atoms with Crippen LogP contribution in [0.2, 0.25) is 0 Å². The van der Waals surface area contributed by atoms with Gasteiger partial charge in [0.2, 0.25) is 5.91 Å². The molecule has 1 heterocycles. The van der Waals surface area contributed by atoms with Crippen molar-refractivity contribution in [3.05, 3.63) is 70.9 Å². The lowest BCUT2D eigenvalue weighted by Gasteiger charge is -2.37. The van der Waals surface area contributed by atoms with E-state index in [9.17, 15) is 9.59 Å². The summed E-state index contributed by atoms with van der Waals surface area (Å²) in [7, 11) is 1.64. The SMILES string of the molecule is CNC(=O)CN1c2ccccc2NC2=C(C(=O)CC(C)(C)C2)[C@@H]1c1ccc(C)cc1. The number of carbonyl (C=O) groups excluding carboxylic acids is 2. The highest BCUT2D eigenvalue weighted by molar-refractivity contribution is 6.01. The molecule has 0 spiro atoms. The Labute approximate surface area is 178 Å². The molecular formula is C25H29N3O2. The zero-order valence-electron chi connectivity index (χ0n) is 18.1. The zero-order valence-corrected chi connectivity index (χ0v) is 18.1. The first kappa shape index (κ1) is 20.2. The number of carbonyl (C=O) groups is 2. The smallest absolute Gasteiger partial charge is 0.239 e. The van der Waals surface area contributed by atoms with Gasteiger partial charge in [0.25, 0.3) is 0 Å². The molecule has 156 valence electrons. The van der Waals surface area contributed by atoms with Crippen LogP contribution in [0.5, 0.6) is 0 Å². The van der Waals surface area contributed by atoms with E-state index in [1.54, 1.807) is 7.05 Å². The van der Waals surface area contributed by atoms with E-state index in [1.165, 1.54) is 0 Å². The van der Waals surface area contributed by atoms with Crippen LogP contribution in [0.25, 0.3) is 0 Å². The van der Waals surface area contributed by atoms with Gasteiger partial charge in [-0.3, -0.25) is 9.59 Å². The molecule has 0 saturated heterocycles. The molecule has 2 N–H and O–H groups in total. The van der Waals surface area contributed by atoms with Crippen molar-refractivity contribution in [2.45, 2.75) is 39.7 Å². The van der Waals surface area contributed by atoms with Gasteiger partial charge >= 0.3 is 0 Å². The third kappa shape index (κ3) is 3.72. The molecule has 0 saturated carbocycles. The lowest BCUT2D eigenvalue weighted by Crippen LogP contribution is -2.41. The number of ketones is 1. The molecule has 2 aliphatic rings. The van der Waals surface area contributed by atoms with E-state index < -0.39 is 0 Å². The van der Waals surface area contributed by atoms with Gasteiger partial charge in [-0.25, -0.2) is 0 Å². The number of aryl methyl sites for hydroxylation is 1. The number of likely N-dealkylation sites (N-methyl/N-ethyl adjacent to an activating group) is 1. The number of hydrogen-bond acceptors (Lipinski definition) is 4. The quantitative estimate of drug-likeness (QED) is 0.800. The minimum atomic E-state index is -0.322. The minimum Gasteiger partial charge on any atom is -0.358 e. The fraction of sp³-hybridized carbons (Fsp3) is 0.360. The molecule has 2 aromatic carbocycles. The predicted molar refractivity (Wildman–Crippen MR) is 120 cm³/mol. The fourth-order valence-electron chi connectivity index (χ4n) is 4.56. The number of para-hydroxylation sites is 2. The summed E-state index contributed by atoms with van der Waals surface area (Å²) >= 11 is 0. The number of anilines is 2. The minimum absolute atomic E-state index is 0.0884. The number of fused-ring (bicyclic) bond motifs is 1. The lowest BCUT2D eigenvalue weighted by molar-refractivity contribution is -0.120. The van der Waals surface area contributed by atoms with E-state index in [1.807, 2.05) is 24.3 Å². The van der Waals surface area contributed by atoms with E-state index >= 15 is 0 Å². The summed E-state index contributed by atoms with van der Waals surface area (Å²) in [6.45, 7) is 6.49. The molecule has 1 aliphatic heterocycles. The predicted octanol–water partition coefficient (Wildman–Crippen LogP) is 4.36. The molecule has 1 aliphatic carbocycles. The van der Waals surface area contributed by atoms with E-state index in [4.69, 9.17) is 0 Å². The Morgan fingerprint density at radius 2 is 1.83 bits per heavy atom. The molecule has 1 atom stereocenters. The maximum atomic E-state index is 13.5. The van der Waals surface area contributed by atoms with Gasteiger partial charge in [0.1, 0.15) is 0 Å². The fourth-order valence-corrected chi connectivity index (χ4v) is 4.56. The number of benzene rings is 2. The maximum Gasteiger partial charge on any atom is 0.239 e. The Kier molecular flexibility index (Phi) is 5.14. The van der Waals surface area contributed by atoms with Crippen molar-refractivity contribution >= 4 is 23.1 Å². The van der Waals surface area contributed by atoms with Gasteiger partial charge < -0.3 is 15.5 Å². The third-order valence-electron chi connectivity index (χ3n) is 5.99. The first-order valence-corrected chi connectivity index (χ1v) is 10.5. The number of Topliss-reactive ketones (excluding diaryl/α,β-unsaturated/α-hetero) is 1. The Balaban J connectivity index is 1.96. The number of hydrogen-bond donors (Lipinski definition) is 2. The Bertz CT molecular complexity index is 1020. The number of amides is 1. The third-order valence-corrected chi connectivity index (χ3v) is 5.99. The Morgan fingerprint density at radius 1 is 1.13 bits per heavy atom. The van der Waals surface area contributed by atoms with E-state index in [0.29, 0.717) is 6.42 Å². The van der Waals surface area contributed by atoms with Crippen molar-refractivity contribution in [2.24, 2.45) is 5.41 Å². The highest BCUT2D eigenvalue weighted by atomic mass is 16.2. The van der Waals surface area contributed by atoms with Gasteiger partial charge in [-0.1, -0.05) is 55.8 Å². The molecule has 0 radical (unpaired) electrons. The van der Waals surface area contributed by atoms with Gasteiger partial charge in [-0.05, 0) is 36.5 Å². The van der Waals surface area contributed by atoms with Crippen LogP contribution in [0.1, 0.15) is 43.9 Å². The first-order chi connectivity index (χ1) is 14.3. The number of allylic oxidation sites excluding steroid dienone is 1. The first-order valence-electron chi connectivity index (χ1n) is 10.5. The van der Waals surface area contributed by atoms with Crippen molar-refractivity contribution in [1.82, 2.24) is 5.32 Å². The van der Waals surface area contributed by atoms with E-state index in [2.05, 4.69) is 60.6 Å². The monoisotopic (exact) mass is 403 g/mol. The number of nitrogens with zero attached hydrogens (tertiary/aromatic N) is 1. The van der Waals surface area contributed by atoms with Crippen LogP contribution in [-0.4, -0.2) is 25.3 Å². The van der Waals surface area contributed by atoms with Crippen LogP contribution in [-0.2, 0) is 9.59 Å². The van der Waals surface area contributed by atoms with Crippen LogP contribution in [0.4, 0.5) is 11.4 Å². The average molecular weight is 404 g/mol. The van der Waals surface area contributed by atoms with Crippen LogP contribution in [0.15, 0.2) is 59.8 Å². The molecule has 5 heteroatoms. The summed E-state index contributed by atoms with van der Waals surface area (Å²) < 4.78 is 0. The summed E-state index contributed by atoms with van der Waals surface area (Å²) in [6, 6.07) is 15.9. The van der Waals surface area contributed by atoms with Crippen molar-refractivity contribution in [1.29, 1.82) is 0 Å². The standard InChI is InChI=1S/C25H29N3O2/c1-16-9-11-17(12-10-16)24-23-19(13-25(2,3)14-21(23)29)27-18-7-5-6-8-20(18)28(24)15-22(30)26-4/h5-12,24,27H,13-15H2,1-4H3,(H,26,30)/t24-/m0/s1. The summed E-state index contributed by atoms with van der Waals surface area (Å²) in [5.74, 6) is 0.0589. The van der Waals surface area contributed by atoms with Crippen molar-refractivity contribution in [3.8, 4) is 0 Å². The average Bonchev–Trinajstić information content (AvgIpc) is 2.82. The van der Waals surface area contributed by atoms with Crippen LogP contribution < -0.4 is 15.5 Å². The van der Waals surface area contributed by atoms with Gasteiger partial charge in [0.15, 0.2) is 5.78 Å². The van der Waals surface area contributed by atoms with Crippen LogP contribution in [0.3, 0.4) is 0 Å². The molecule has 1 amide bonds. The van der Waals surface area contributed by atoms with E-state index in [-0.39, 0.29) is 29.7 Å². The van der Waals surface area contributed by atoms with Gasteiger partial charge in [-0.2, -0.15) is 0 Å². The van der Waals surface area contributed by atoms with E-state index in [0.717, 1.165) is 40.2 Å². The molecule has 4 rings (SSSR count). The second-order valence-corrected chi connectivity index (χ2v) is 9.09. The van der Waals surface area contributed by atoms with Crippen LogP contribution in [0, 0.1) is 12.3 Å². The summed E-state index contributed by atoms with van der Waals surface area (Å²) in [5.41, 5.74) is 5.66. The van der Waals surface area contributed by atoms with Crippen LogP contribution >= 0.6 is 0 Å². The van der Waals surface area contributed by atoms with Crippen molar-refractivity contribution in [3.63, 3.8) is 0 Å². The molecule has 0 bridgehead atoms. The topological polar surface area (TPSA) is 61.4 Å². The van der Waals surface area contributed by atoms with Crippen molar-refractivity contribution in [2.75, 3.05) is 23.8 Å². The second-order valence-electron chi connectivity index (χ2n) is 9.09. The van der Waals surface area contributed by atoms with Crippen molar-refractivity contribution < 1.29 is 9.59 Å². The maximum absolute atomic E-state index is 13.5. The van der Waals surface area contributed by atoms with Gasteiger partial charge in [-0.15, -0.1) is 0 Å². The second kappa shape index (κ2) is 7.63. The molecule has 30 heavy (non-hydrogen) atoms. The Hall–Kier alpha value is -3.08. The molecule has 0 aromatic heterocycles. The molecule has 2 aromatic rings. The number of nitrogens with one attached hydrogen (secondary N) is 2. The lowest BCUT2D eigenvalue weighted by atomic mass is 9.73. The molecule has 0 fully saturated rings.